The van der Waals surface area contributed by atoms with Gasteiger partial charge in [0.1, 0.15) is 6.54 Å². The zero-order valence-electron chi connectivity index (χ0n) is 19.9. The number of aliphatic imine (C=N–C) groups is 1. The second kappa shape index (κ2) is 11.8. The van der Waals surface area contributed by atoms with E-state index >= 15 is 0 Å². The number of carbonyl (C=O) groups excluding carboxylic acids is 1. The van der Waals surface area contributed by atoms with Gasteiger partial charge in [0.05, 0.1) is 11.9 Å². The van der Waals surface area contributed by atoms with Crippen molar-refractivity contribution in [1.82, 2.24) is 24.9 Å². The molecule has 9 heteroatoms. The Morgan fingerprint density at radius 2 is 1.97 bits per heavy atom. The standard InChI is InChI=1S/C24H35N7O.HI/c1-19-8-6-7-11-29(19)16-21-10-5-4-9-20(21)14-26-24(25-2)30-12-13-31(23(32)18-30)22-15-27-28(3)17-22;/h4-5,9-10,15,17,19H,6-8,11-14,16,18H2,1-3H3,(H,25,26);1H. The number of guanidine groups is 1. The molecule has 4 rings (SSSR count). The molecule has 2 saturated heterocycles. The number of amides is 1. The van der Waals surface area contributed by atoms with Crippen LogP contribution in [0.4, 0.5) is 5.69 Å². The van der Waals surface area contributed by atoms with Gasteiger partial charge in [0.15, 0.2) is 5.96 Å². The van der Waals surface area contributed by atoms with E-state index in [2.05, 4.69) is 51.5 Å². The Bertz CT molecular complexity index is 960. The second-order valence-corrected chi connectivity index (χ2v) is 8.82. The molecule has 2 aliphatic rings. The first-order valence-electron chi connectivity index (χ1n) is 11.6. The summed E-state index contributed by atoms with van der Waals surface area (Å²) in [5, 5.41) is 7.68. The van der Waals surface area contributed by atoms with Gasteiger partial charge in [-0.15, -0.1) is 24.0 Å². The van der Waals surface area contributed by atoms with E-state index < -0.39 is 0 Å². The number of piperazine rings is 1. The third-order valence-electron chi connectivity index (χ3n) is 6.60. The Balaban J connectivity index is 0.00000306. The van der Waals surface area contributed by atoms with Crippen molar-refractivity contribution in [1.29, 1.82) is 0 Å². The van der Waals surface area contributed by atoms with E-state index in [1.165, 1.54) is 36.9 Å². The molecule has 1 N–H and O–H groups in total. The molecule has 1 amide bonds. The number of nitrogens with one attached hydrogen (secondary N) is 1. The Labute approximate surface area is 214 Å². The SMILES string of the molecule is CN=C(NCc1ccccc1CN1CCCCC1C)N1CCN(c2cnn(C)c2)C(=O)C1.I. The highest BCUT2D eigenvalue weighted by atomic mass is 127. The van der Waals surface area contributed by atoms with Crippen molar-refractivity contribution < 1.29 is 4.79 Å². The summed E-state index contributed by atoms with van der Waals surface area (Å²) in [6.07, 6.45) is 7.52. The molecule has 2 fully saturated rings. The minimum Gasteiger partial charge on any atom is -0.352 e. The minimum atomic E-state index is 0. The third-order valence-corrected chi connectivity index (χ3v) is 6.60. The van der Waals surface area contributed by atoms with Crippen LogP contribution in [-0.2, 0) is 24.9 Å². The molecule has 0 bridgehead atoms. The fraction of sp³-hybridized carbons (Fsp3) is 0.542. The highest BCUT2D eigenvalue weighted by Crippen LogP contribution is 2.21. The fourth-order valence-electron chi connectivity index (χ4n) is 4.68. The number of carbonyl (C=O) groups is 1. The first-order chi connectivity index (χ1) is 15.5. The Morgan fingerprint density at radius 1 is 1.18 bits per heavy atom. The van der Waals surface area contributed by atoms with Gasteiger partial charge in [-0.2, -0.15) is 5.10 Å². The number of aryl methyl sites for hydroxylation is 1. The lowest BCUT2D eigenvalue weighted by Gasteiger charge is -2.35. The van der Waals surface area contributed by atoms with E-state index in [1.807, 2.05) is 18.1 Å². The van der Waals surface area contributed by atoms with E-state index in [0.29, 0.717) is 25.7 Å². The van der Waals surface area contributed by atoms with Crippen molar-refractivity contribution in [3.63, 3.8) is 0 Å². The summed E-state index contributed by atoms with van der Waals surface area (Å²) >= 11 is 0. The largest absolute Gasteiger partial charge is 0.352 e. The predicted molar refractivity (Wildman–Crippen MR) is 143 cm³/mol. The van der Waals surface area contributed by atoms with Gasteiger partial charge in [-0.05, 0) is 37.4 Å². The van der Waals surface area contributed by atoms with Crippen LogP contribution in [-0.4, -0.2) is 70.7 Å². The van der Waals surface area contributed by atoms with Crippen LogP contribution in [0.15, 0.2) is 41.7 Å². The number of rotatable bonds is 5. The first kappa shape index (κ1) is 25.5. The number of nitrogens with zero attached hydrogens (tertiary/aromatic N) is 6. The van der Waals surface area contributed by atoms with Crippen LogP contribution in [0.1, 0.15) is 37.3 Å². The van der Waals surface area contributed by atoms with Gasteiger partial charge in [0.2, 0.25) is 5.91 Å². The van der Waals surface area contributed by atoms with Crippen LogP contribution in [0.25, 0.3) is 0 Å². The number of aromatic nitrogens is 2. The van der Waals surface area contributed by atoms with Crippen LogP contribution in [0, 0.1) is 0 Å². The molecular weight excluding hydrogens is 529 g/mol. The average molecular weight is 566 g/mol. The molecule has 2 aliphatic heterocycles. The molecule has 1 atom stereocenters. The third kappa shape index (κ3) is 6.26. The lowest BCUT2D eigenvalue weighted by molar-refractivity contribution is -0.120. The predicted octanol–water partition coefficient (Wildman–Crippen LogP) is 2.84. The summed E-state index contributed by atoms with van der Waals surface area (Å²) in [5.74, 6) is 0.831. The average Bonchev–Trinajstić information content (AvgIpc) is 3.23. The van der Waals surface area contributed by atoms with Crippen LogP contribution < -0.4 is 10.2 Å². The smallest absolute Gasteiger partial charge is 0.246 e. The maximum atomic E-state index is 12.8. The zero-order valence-corrected chi connectivity index (χ0v) is 22.2. The molecule has 0 saturated carbocycles. The summed E-state index contributed by atoms with van der Waals surface area (Å²) in [6.45, 7) is 6.85. The van der Waals surface area contributed by atoms with Gasteiger partial charge in [0, 0.05) is 52.5 Å². The molecule has 1 unspecified atom stereocenters. The normalized spacial score (nSPS) is 20.0. The second-order valence-electron chi connectivity index (χ2n) is 8.82. The fourth-order valence-corrected chi connectivity index (χ4v) is 4.68. The van der Waals surface area contributed by atoms with Crippen molar-refractivity contribution in [2.24, 2.45) is 12.0 Å². The molecule has 2 aromatic rings. The summed E-state index contributed by atoms with van der Waals surface area (Å²) < 4.78 is 1.72. The summed E-state index contributed by atoms with van der Waals surface area (Å²) in [6, 6.07) is 9.28. The molecule has 0 aliphatic carbocycles. The summed E-state index contributed by atoms with van der Waals surface area (Å²) in [7, 11) is 3.64. The van der Waals surface area contributed by atoms with Gasteiger partial charge in [-0.3, -0.25) is 19.4 Å². The number of likely N-dealkylation sites (tertiary alicyclic amines) is 1. The monoisotopic (exact) mass is 565 g/mol. The van der Waals surface area contributed by atoms with Crippen molar-refractivity contribution in [2.45, 2.75) is 45.3 Å². The number of piperidine rings is 1. The van der Waals surface area contributed by atoms with Gasteiger partial charge < -0.3 is 15.1 Å². The molecule has 8 nitrogen and oxygen atoms in total. The topological polar surface area (TPSA) is 69.0 Å². The van der Waals surface area contributed by atoms with Crippen molar-refractivity contribution in [2.75, 3.05) is 38.1 Å². The Hall–Kier alpha value is -2.14. The summed E-state index contributed by atoms with van der Waals surface area (Å²) in [4.78, 5) is 23.6. The maximum absolute atomic E-state index is 12.8. The lowest BCUT2D eigenvalue weighted by Crippen LogP contribution is -2.55. The van der Waals surface area contributed by atoms with E-state index in [4.69, 9.17) is 0 Å². The molecule has 33 heavy (non-hydrogen) atoms. The number of benzene rings is 1. The lowest BCUT2D eigenvalue weighted by atomic mass is 10.0. The molecule has 180 valence electrons. The van der Waals surface area contributed by atoms with Crippen molar-refractivity contribution >= 4 is 41.5 Å². The number of hydrogen-bond donors (Lipinski definition) is 1. The summed E-state index contributed by atoms with van der Waals surface area (Å²) in [5.41, 5.74) is 3.49. The van der Waals surface area contributed by atoms with Crippen molar-refractivity contribution in [3.05, 3.63) is 47.8 Å². The van der Waals surface area contributed by atoms with Crippen LogP contribution in [0.2, 0.25) is 0 Å². The van der Waals surface area contributed by atoms with Crippen LogP contribution >= 0.6 is 24.0 Å². The molecule has 1 aromatic heterocycles. The minimum absolute atomic E-state index is 0. The number of anilines is 1. The van der Waals surface area contributed by atoms with Crippen LogP contribution in [0.3, 0.4) is 0 Å². The highest BCUT2D eigenvalue weighted by molar-refractivity contribution is 14.0. The quantitative estimate of drug-likeness (QED) is 0.343. The molecule has 0 radical (unpaired) electrons. The Kier molecular flexibility index (Phi) is 9.13. The van der Waals surface area contributed by atoms with Gasteiger partial charge >= 0.3 is 0 Å². The van der Waals surface area contributed by atoms with E-state index in [1.54, 1.807) is 22.8 Å². The van der Waals surface area contributed by atoms with Gasteiger partial charge in [0.25, 0.3) is 0 Å². The number of halogens is 1. The highest BCUT2D eigenvalue weighted by Gasteiger charge is 2.27. The molecule has 1 aromatic carbocycles. The zero-order chi connectivity index (χ0) is 22.5. The van der Waals surface area contributed by atoms with Gasteiger partial charge in [-0.1, -0.05) is 30.7 Å². The van der Waals surface area contributed by atoms with E-state index in [9.17, 15) is 4.79 Å². The molecule has 0 spiro atoms. The number of hydrogen-bond acceptors (Lipinski definition) is 4. The Morgan fingerprint density at radius 3 is 2.64 bits per heavy atom. The van der Waals surface area contributed by atoms with E-state index in [-0.39, 0.29) is 29.9 Å². The molecule has 3 heterocycles. The maximum Gasteiger partial charge on any atom is 0.246 e. The molecular formula is C24H36IN7O. The van der Waals surface area contributed by atoms with Gasteiger partial charge in [-0.25, -0.2) is 0 Å². The van der Waals surface area contributed by atoms with E-state index in [0.717, 1.165) is 24.7 Å². The van der Waals surface area contributed by atoms with Crippen LogP contribution in [0.5, 0.6) is 0 Å². The van der Waals surface area contributed by atoms with Crippen molar-refractivity contribution in [3.8, 4) is 0 Å². The first-order valence-corrected chi connectivity index (χ1v) is 11.6.